The first-order valence-corrected chi connectivity index (χ1v) is 2.76. The highest BCUT2D eigenvalue weighted by molar-refractivity contribution is 6.03. The molecule has 0 saturated carbocycles. The summed E-state index contributed by atoms with van der Waals surface area (Å²) >= 11 is 0. The molecule has 0 spiro atoms. The average molecular weight is 126 g/mol. The van der Waals surface area contributed by atoms with Gasteiger partial charge in [0.15, 0.2) is 0 Å². The van der Waals surface area contributed by atoms with Gasteiger partial charge in [0.1, 0.15) is 0 Å². The van der Waals surface area contributed by atoms with E-state index in [1.165, 1.54) is 7.05 Å². The highest BCUT2D eigenvalue weighted by Gasteiger charge is 2.32. The summed E-state index contributed by atoms with van der Waals surface area (Å²) in [6, 6.07) is 0. The number of rotatable bonds is 0. The van der Waals surface area contributed by atoms with Crippen molar-refractivity contribution in [1.82, 2.24) is 4.90 Å². The van der Waals surface area contributed by atoms with Gasteiger partial charge in [-0.15, -0.1) is 0 Å². The van der Waals surface area contributed by atoms with Crippen molar-refractivity contribution < 1.29 is 9.59 Å². The molecule has 1 fully saturated rings. The standard InChI is InChI=1S/C6H8NO2/c1-4-3-5(8)7(2)6(4)9/h4H,1,3H2,2H3. The molecule has 1 unspecified atom stereocenters. The summed E-state index contributed by atoms with van der Waals surface area (Å²) in [5.74, 6) is -0.637. The summed E-state index contributed by atoms with van der Waals surface area (Å²) < 4.78 is 0. The van der Waals surface area contributed by atoms with Crippen molar-refractivity contribution in [3.05, 3.63) is 6.92 Å². The summed E-state index contributed by atoms with van der Waals surface area (Å²) in [7, 11) is 1.48. The molecule has 0 aliphatic carbocycles. The lowest BCUT2D eigenvalue weighted by molar-refractivity contribution is -0.137. The van der Waals surface area contributed by atoms with Crippen LogP contribution in [0.2, 0.25) is 0 Å². The highest BCUT2D eigenvalue weighted by Crippen LogP contribution is 2.15. The van der Waals surface area contributed by atoms with Crippen LogP contribution in [0, 0.1) is 12.8 Å². The van der Waals surface area contributed by atoms with Crippen LogP contribution in [0.1, 0.15) is 6.42 Å². The second-order valence-electron chi connectivity index (χ2n) is 2.19. The largest absolute Gasteiger partial charge is 0.285 e. The molecule has 1 aliphatic rings. The smallest absolute Gasteiger partial charge is 0.232 e. The Labute approximate surface area is 53.6 Å². The van der Waals surface area contributed by atoms with Crippen LogP contribution in [0.15, 0.2) is 0 Å². The summed E-state index contributed by atoms with van der Waals surface area (Å²) in [5.41, 5.74) is 0. The molecule has 1 aliphatic heterocycles. The van der Waals surface area contributed by atoms with Crippen molar-refractivity contribution in [2.24, 2.45) is 5.92 Å². The zero-order chi connectivity index (χ0) is 7.02. The van der Waals surface area contributed by atoms with E-state index in [4.69, 9.17) is 0 Å². The van der Waals surface area contributed by atoms with Crippen LogP contribution in [-0.4, -0.2) is 23.8 Å². The van der Waals surface area contributed by atoms with Gasteiger partial charge in [0.25, 0.3) is 0 Å². The van der Waals surface area contributed by atoms with Crippen molar-refractivity contribution in [2.45, 2.75) is 6.42 Å². The lowest BCUT2D eigenvalue weighted by Gasteiger charge is -2.03. The van der Waals surface area contributed by atoms with Gasteiger partial charge in [0.05, 0.1) is 0 Å². The topological polar surface area (TPSA) is 37.4 Å². The number of hydrogen-bond donors (Lipinski definition) is 0. The van der Waals surface area contributed by atoms with Crippen molar-refractivity contribution >= 4 is 11.8 Å². The number of carbonyl (C=O) groups excluding carboxylic acids is 2. The van der Waals surface area contributed by atoms with Crippen LogP contribution >= 0.6 is 0 Å². The number of carbonyl (C=O) groups is 2. The van der Waals surface area contributed by atoms with Gasteiger partial charge < -0.3 is 0 Å². The molecule has 1 rings (SSSR count). The Morgan fingerprint density at radius 3 is 2.33 bits per heavy atom. The minimum absolute atomic E-state index is 0.125. The van der Waals surface area contributed by atoms with E-state index < -0.39 is 0 Å². The zero-order valence-electron chi connectivity index (χ0n) is 5.26. The Bertz CT molecular complexity index is 164. The van der Waals surface area contributed by atoms with Gasteiger partial charge >= 0.3 is 0 Å². The lowest BCUT2D eigenvalue weighted by atomic mass is 10.1. The molecule has 49 valence electrons. The Morgan fingerprint density at radius 2 is 2.22 bits per heavy atom. The van der Waals surface area contributed by atoms with Crippen LogP contribution in [0.3, 0.4) is 0 Å². The lowest BCUT2D eigenvalue weighted by Crippen LogP contribution is -2.25. The van der Waals surface area contributed by atoms with E-state index >= 15 is 0 Å². The van der Waals surface area contributed by atoms with Crippen LogP contribution in [0.25, 0.3) is 0 Å². The molecule has 0 aromatic carbocycles. The minimum atomic E-state index is -0.345. The third-order valence-corrected chi connectivity index (χ3v) is 1.47. The second kappa shape index (κ2) is 1.83. The molecule has 9 heavy (non-hydrogen) atoms. The number of imide groups is 1. The Balaban J connectivity index is 2.77. The minimum Gasteiger partial charge on any atom is -0.285 e. The normalized spacial score (nSPS) is 27.8. The second-order valence-corrected chi connectivity index (χ2v) is 2.19. The fourth-order valence-corrected chi connectivity index (χ4v) is 0.832. The first-order chi connectivity index (χ1) is 4.13. The van der Waals surface area contributed by atoms with Gasteiger partial charge in [-0.3, -0.25) is 14.5 Å². The maximum absolute atomic E-state index is 10.8. The third-order valence-electron chi connectivity index (χ3n) is 1.47. The van der Waals surface area contributed by atoms with Crippen LogP contribution in [0.4, 0.5) is 0 Å². The maximum atomic E-state index is 10.8. The Kier molecular flexibility index (Phi) is 1.27. The molecule has 3 heteroatoms. The van der Waals surface area contributed by atoms with E-state index in [0.29, 0.717) is 0 Å². The van der Waals surface area contributed by atoms with Crippen LogP contribution in [-0.2, 0) is 9.59 Å². The van der Waals surface area contributed by atoms with E-state index in [-0.39, 0.29) is 24.2 Å². The number of likely N-dealkylation sites (tertiary alicyclic amines) is 1. The molecule has 1 heterocycles. The predicted molar refractivity (Wildman–Crippen MR) is 31.2 cm³/mol. The van der Waals surface area contributed by atoms with E-state index in [9.17, 15) is 9.59 Å². The fraction of sp³-hybridized carbons (Fsp3) is 0.500. The van der Waals surface area contributed by atoms with Crippen molar-refractivity contribution in [3.8, 4) is 0 Å². The van der Waals surface area contributed by atoms with Crippen LogP contribution < -0.4 is 0 Å². The predicted octanol–water partition coefficient (Wildman–Crippen LogP) is -0.175. The molecule has 1 atom stereocenters. The third kappa shape index (κ3) is 0.823. The summed E-state index contributed by atoms with van der Waals surface area (Å²) in [6.07, 6.45) is 0.273. The summed E-state index contributed by atoms with van der Waals surface area (Å²) in [4.78, 5) is 22.5. The summed E-state index contributed by atoms with van der Waals surface area (Å²) in [6.45, 7) is 3.51. The molecule has 2 amide bonds. The van der Waals surface area contributed by atoms with Gasteiger partial charge in [-0.25, -0.2) is 0 Å². The van der Waals surface area contributed by atoms with Crippen molar-refractivity contribution in [2.75, 3.05) is 7.05 Å². The van der Waals surface area contributed by atoms with Crippen molar-refractivity contribution in [3.63, 3.8) is 0 Å². The van der Waals surface area contributed by atoms with Gasteiger partial charge in [-0.2, -0.15) is 0 Å². The molecule has 1 radical (unpaired) electrons. The van der Waals surface area contributed by atoms with E-state index in [0.717, 1.165) is 4.90 Å². The van der Waals surface area contributed by atoms with Crippen LogP contribution in [0.5, 0.6) is 0 Å². The number of hydrogen-bond acceptors (Lipinski definition) is 2. The first-order valence-electron chi connectivity index (χ1n) is 2.76. The molecular weight excluding hydrogens is 118 g/mol. The van der Waals surface area contributed by atoms with Gasteiger partial charge in [0, 0.05) is 19.4 Å². The molecule has 3 nitrogen and oxygen atoms in total. The van der Waals surface area contributed by atoms with Gasteiger partial charge in [-0.1, -0.05) is 0 Å². The van der Waals surface area contributed by atoms with E-state index in [2.05, 4.69) is 6.92 Å². The Hall–Kier alpha value is -0.860. The molecule has 0 N–H and O–H groups in total. The molecular formula is C6H8NO2. The molecule has 0 bridgehead atoms. The quantitative estimate of drug-likeness (QED) is 0.422. The molecule has 0 aromatic heterocycles. The first kappa shape index (κ1) is 6.26. The Morgan fingerprint density at radius 1 is 1.67 bits per heavy atom. The monoisotopic (exact) mass is 126 g/mol. The average Bonchev–Trinajstić information content (AvgIpc) is 1.98. The maximum Gasteiger partial charge on any atom is 0.232 e. The molecule has 1 saturated heterocycles. The van der Waals surface area contributed by atoms with Crippen molar-refractivity contribution in [1.29, 1.82) is 0 Å². The van der Waals surface area contributed by atoms with Gasteiger partial charge in [-0.05, 0) is 6.92 Å². The van der Waals surface area contributed by atoms with E-state index in [1.54, 1.807) is 0 Å². The van der Waals surface area contributed by atoms with Gasteiger partial charge in [0.2, 0.25) is 11.8 Å². The molecule has 0 aromatic rings. The number of amides is 2. The zero-order valence-corrected chi connectivity index (χ0v) is 5.26. The summed E-state index contributed by atoms with van der Waals surface area (Å²) in [5, 5.41) is 0. The highest BCUT2D eigenvalue weighted by atomic mass is 16.2. The number of nitrogens with zero attached hydrogens (tertiary/aromatic N) is 1. The van der Waals surface area contributed by atoms with E-state index in [1.807, 2.05) is 0 Å². The fourth-order valence-electron chi connectivity index (χ4n) is 0.832. The SMILES string of the molecule is [CH2]C1CC(=O)N(C)C1=O.